The Hall–Kier alpha value is -1.25. The fourth-order valence-electron chi connectivity index (χ4n) is 4.58. The molecule has 0 saturated carbocycles. The average Bonchev–Trinajstić information content (AvgIpc) is 2.97. The molecule has 10 heteroatoms. The number of rotatable bonds is 32. The molecule has 2 atom stereocenters. The third-order valence-corrected chi connectivity index (χ3v) is 8.43. The maximum Gasteiger partial charge on any atom is 0.472 e. The van der Waals surface area contributed by atoms with E-state index >= 15 is 0 Å². The third-order valence-electron chi connectivity index (χ3n) is 7.44. The van der Waals surface area contributed by atoms with Crippen molar-refractivity contribution in [1.29, 1.82) is 0 Å². The largest absolute Gasteiger partial charge is 0.472 e. The third kappa shape index (κ3) is 32.5. The fraction of sp³-hybridized carbons (Fsp3) is 0.857. The van der Waals surface area contributed by atoms with Gasteiger partial charge in [-0.05, 0) is 38.5 Å². The van der Waals surface area contributed by atoms with Gasteiger partial charge in [0.1, 0.15) is 19.8 Å². The number of carbonyl (C=O) groups excluding carboxylic acids is 2. The lowest BCUT2D eigenvalue weighted by Crippen LogP contribution is -2.37. The molecule has 266 valence electrons. The van der Waals surface area contributed by atoms with Crippen LogP contribution in [0.5, 0.6) is 0 Å². The second-order valence-electron chi connectivity index (χ2n) is 13.1. The van der Waals surface area contributed by atoms with Gasteiger partial charge in [-0.15, -0.1) is 0 Å². The van der Waals surface area contributed by atoms with Crippen LogP contribution in [0.2, 0.25) is 0 Å². The molecule has 0 aromatic rings. The summed E-state index contributed by atoms with van der Waals surface area (Å²) in [5, 5.41) is 0. The van der Waals surface area contributed by atoms with Crippen LogP contribution in [0, 0.1) is 6.92 Å². The van der Waals surface area contributed by atoms with Crippen LogP contribution in [0.4, 0.5) is 0 Å². The molecule has 0 radical (unpaired) electrons. The zero-order chi connectivity index (χ0) is 33.7. The van der Waals surface area contributed by atoms with Crippen molar-refractivity contribution in [2.75, 3.05) is 47.5 Å². The van der Waals surface area contributed by atoms with Crippen molar-refractivity contribution in [1.82, 2.24) is 0 Å². The molecule has 0 heterocycles. The Morgan fingerprint density at radius 2 is 1.24 bits per heavy atom. The minimum atomic E-state index is -4.36. The summed E-state index contributed by atoms with van der Waals surface area (Å²) in [6, 6.07) is 0. The molecule has 0 saturated heterocycles. The molecule has 0 aliphatic carbocycles. The van der Waals surface area contributed by atoms with E-state index in [1.54, 1.807) is 0 Å². The number of quaternary nitrogens is 1. The molecule has 9 nitrogen and oxygen atoms in total. The molecule has 0 spiro atoms. The zero-order valence-corrected chi connectivity index (χ0v) is 30.2. The van der Waals surface area contributed by atoms with Gasteiger partial charge in [-0.2, -0.15) is 6.42 Å². The number of hydrogen-bond donors (Lipinski definition) is 1. The highest BCUT2D eigenvalue weighted by Gasteiger charge is 2.27. The molecule has 1 N–H and O–H groups in total. The van der Waals surface area contributed by atoms with Crippen LogP contribution >= 0.6 is 7.82 Å². The second-order valence-corrected chi connectivity index (χ2v) is 14.6. The van der Waals surface area contributed by atoms with Gasteiger partial charge in [-0.25, -0.2) is 4.57 Å². The van der Waals surface area contributed by atoms with Crippen LogP contribution in [0.15, 0.2) is 12.2 Å². The first-order valence-electron chi connectivity index (χ1n) is 17.7. The standard InChI is InChI=1S/C35H68NO8P/c1-6-8-10-12-14-15-16-17-18-19-20-21-22-24-26-28-35(38)44-33(31-41-34(37)27-25-23-13-11-9-7-2)32-43-45(39,40)42-30-29-36(3,4)5/h17-18,33H,2,6-16,19-32H2,1,3-5H3,(H,39,40)/b18-17-/t33-/m0/s1. The summed E-state index contributed by atoms with van der Waals surface area (Å²) in [4.78, 5) is 34.9. The van der Waals surface area contributed by atoms with Gasteiger partial charge >= 0.3 is 19.8 Å². The summed E-state index contributed by atoms with van der Waals surface area (Å²) in [5.41, 5.74) is 0. The number of unbranched alkanes of at least 4 members (excludes halogenated alkanes) is 16. The Kier molecular flexibility index (Phi) is 28.1. The summed E-state index contributed by atoms with van der Waals surface area (Å²) >= 11 is 0. The monoisotopic (exact) mass is 661 g/mol. The lowest BCUT2D eigenvalue weighted by atomic mass is 10.1. The number of nitrogens with zero attached hydrogens (tertiary/aromatic N) is 1. The smallest absolute Gasteiger partial charge is 0.462 e. The Labute approximate surface area is 276 Å². The number of esters is 2. The van der Waals surface area contributed by atoms with E-state index in [1.165, 1.54) is 44.9 Å². The van der Waals surface area contributed by atoms with Crippen molar-refractivity contribution in [2.24, 2.45) is 0 Å². The predicted octanol–water partition coefficient (Wildman–Crippen LogP) is 8.88. The van der Waals surface area contributed by atoms with E-state index < -0.39 is 32.5 Å². The first kappa shape index (κ1) is 43.8. The summed E-state index contributed by atoms with van der Waals surface area (Å²) in [6.45, 7) is 5.97. The molecule has 0 aromatic carbocycles. The highest BCUT2D eigenvalue weighted by atomic mass is 31.2. The molecule has 0 aliphatic rings. The first-order chi connectivity index (χ1) is 21.5. The van der Waals surface area contributed by atoms with Gasteiger partial charge in [-0.3, -0.25) is 18.6 Å². The predicted molar refractivity (Wildman–Crippen MR) is 183 cm³/mol. The van der Waals surface area contributed by atoms with E-state index in [9.17, 15) is 19.0 Å². The summed E-state index contributed by atoms with van der Waals surface area (Å²) < 4.78 is 33.9. The molecule has 0 aromatic heterocycles. The van der Waals surface area contributed by atoms with Crippen molar-refractivity contribution in [2.45, 2.75) is 148 Å². The van der Waals surface area contributed by atoms with Crippen LogP contribution in [-0.4, -0.2) is 74.9 Å². The van der Waals surface area contributed by atoms with Gasteiger partial charge < -0.3 is 25.8 Å². The van der Waals surface area contributed by atoms with Crippen LogP contribution in [0.1, 0.15) is 142 Å². The van der Waals surface area contributed by atoms with E-state index in [1.807, 2.05) is 21.1 Å². The van der Waals surface area contributed by atoms with Gasteiger partial charge in [0, 0.05) is 12.8 Å². The van der Waals surface area contributed by atoms with Crippen molar-refractivity contribution in [3.8, 4) is 0 Å². The van der Waals surface area contributed by atoms with Crippen molar-refractivity contribution in [3.63, 3.8) is 0 Å². The number of hydrogen-bond acceptors (Lipinski definition) is 7. The average molecular weight is 662 g/mol. The molecule has 0 rings (SSSR count). The molecule has 0 bridgehead atoms. The highest BCUT2D eigenvalue weighted by Crippen LogP contribution is 2.43. The summed E-state index contributed by atoms with van der Waals surface area (Å²) in [7, 11) is 1.46. The van der Waals surface area contributed by atoms with E-state index in [0.29, 0.717) is 17.4 Å². The van der Waals surface area contributed by atoms with E-state index in [0.717, 1.165) is 70.6 Å². The fourth-order valence-corrected chi connectivity index (χ4v) is 5.32. The van der Waals surface area contributed by atoms with Crippen LogP contribution in [-0.2, 0) is 32.7 Å². The highest BCUT2D eigenvalue weighted by molar-refractivity contribution is 7.47. The maximum atomic E-state index is 12.5. The number of phosphoric ester groups is 1. The van der Waals surface area contributed by atoms with Gasteiger partial charge in [0.05, 0.1) is 27.7 Å². The van der Waals surface area contributed by atoms with Crippen LogP contribution in [0.25, 0.3) is 0 Å². The van der Waals surface area contributed by atoms with E-state index in [4.69, 9.17) is 18.5 Å². The van der Waals surface area contributed by atoms with Crippen molar-refractivity contribution < 1.29 is 42.1 Å². The second kappa shape index (κ2) is 28.9. The topological polar surface area (TPSA) is 108 Å². The quantitative estimate of drug-likeness (QED) is 0.0190. The minimum absolute atomic E-state index is 0.0287. The normalized spacial score (nSPS) is 14.0. The number of carbonyl (C=O) groups is 2. The van der Waals surface area contributed by atoms with E-state index in [2.05, 4.69) is 26.0 Å². The minimum Gasteiger partial charge on any atom is -0.462 e. The molecule has 0 fully saturated rings. The van der Waals surface area contributed by atoms with Gasteiger partial charge in [0.15, 0.2) is 6.10 Å². The molecule has 0 aliphatic heterocycles. The number of likely N-dealkylation sites (N-methyl/N-ethyl adjacent to an activating group) is 1. The van der Waals surface area contributed by atoms with Gasteiger partial charge in [0.25, 0.3) is 0 Å². The molecule has 0 amide bonds. The Balaban J connectivity index is 4.40. The summed E-state index contributed by atoms with van der Waals surface area (Å²) in [5.74, 6) is -0.835. The SMILES string of the molecule is [CH2-]CCCCCCCC(=O)OC[C@@H](COP(=O)(O)OCC[N+](C)(C)C)OC(=O)CCCCCCC/C=C\CCCCCCCC. The lowest BCUT2D eigenvalue weighted by molar-refractivity contribution is -0.870. The Morgan fingerprint density at radius 1 is 0.733 bits per heavy atom. The maximum absolute atomic E-state index is 12.5. The first-order valence-corrected chi connectivity index (χ1v) is 19.2. The van der Waals surface area contributed by atoms with Crippen LogP contribution in [0.3, 0.4) is 0 Å². The van der Waals surface area contributed by atoms with Gasteiger partial charge in [0.2, 0.25) is 0 Å². The zero-order valence-electron chi connectivity index (χ0n) is 29.3. The molecular weight excluding hydrogens is 593 g/mol. The molecule has 45 heavy (non-hydrogen) atoms. The Bertz CT molecular complexity index is 799. The van der Waals surface area contributed by atoms with E-state index in [-0.39, 0.29) is 26.1 Å². The number of phosphoric acid groups is 1. The van der Waals surface area contributed by atoms with Crippen LogP contribution < -0.4 is 0 Å². The molecule has 1 unspecified atom stereocenters. The lowest BCUT2D eigenvalue weighted by Gasteiger charge is -2.24. The van der Waals surface area contributed by atoms with Crippen molar-refractivity contribution >= 4 is 19.8 Å². The number of allylic oxidation sites excluding steroid dienone is 2. The Morgan fingerprint density at radius 3 is 1.80 bits per heavy atom. The number of ether oxygens (including phenoxy) is 2. The summed E-state index contributed by atoms with van der Waals surface area (Å²) in [6.07, 6.45) is 25.1. The van der Waals surface area contributed by atoms with Crippen molar-refractivity contribution in [3.05, 3.63) is 19.1 Å². The molecular formula is C35H68NO8P. The van der Waals surface area contributed by atoms with Gasteiger partial charge in [-0.1, -0.05) is 96.1 Å².